The summed E-state index contributed by atoms with van der Waals surface area (Å²) < 4.78 is 92.0. The average Bonchev–Trinajstić information content (AvgIpc) is 3.06. The van der Waals surface area contributed by atoms with E-state index in [9.17, 15) is 26.3 Å². The van der Waals surface area contributed by atoms with Crippen molar-refractivity contribution in [2.75, 3.05) is 6.54 Å². The first-order valence-corrected chi connectivity index (χ1v) is 15.6. The third-order valence-electron chi connectivity index (χ3n) is 8.25. The maximum absolute atomic E-state index is 15.0. The van der Waals surface area contributed by atoms with Crippen LogP contribution >= 0.6 is 0 Å². The topological polar surface area (TPSA) is 3.01 Å². The second-order valence-corrected chi connectivity index (χ2v) is 11.1. The van der Waals surface area contributed by atoms with Gasteiger partial charge in [-0.2, -0.15) is 10.9 Å². The summed E-state index contributed by atoms with van der Waals surface area (Å²) in [5.74, 6) is -6.71. The highest BCUT2D eigenvalue weighted by Crippen LogP contribution is 2.24. The van der Waals surface area contributed by atoms with Crippen LogP contribution in [-0.2, 0) is 0 Å². The molecule has 47 heavy (non-hydrogen) atoms. The Bertz CT molecular complexity index is 1640. The van der Waals surface area contributed by atoms with Crippen LogP contribution in [0.4, 0.5) is 32.0 Å². The molecule has 5 aromatic carbocycles. The van der Waals surface area contributed by atoms with Crippen LogP contribution in [0.15, 0.2) is 121 Å². The maximum Gasteiger partial charge on any atom is 0.205 e. The van der Waals surface area contributed by atoms with Gasteiger partial charge in [0, 0.05) is 18.2 Å². The molecule has 0 N–H and O–H groups in total. The Morgan fingerprint density at radius 2 is 0.936 bits per heavy atom. The number of nitrogens with zero attached hydrogens (tertiary/aromatic N) is 1. The van der Waals surface area contributed by atoms with Gasteiger partial charge in [-0.25, -0.2) is 26.3 Å². The number of unbranched alkanes of at least 4 members (excludes halogenated alkanes) is 1. The number of halogens is 6. The minimum Gasteiger partial charge on any atom is -0.210 e. The first kappa shape index (κ1) is 35.0. The van der Waals surface area contributed by atoms with E-state index in [1.54, 1.807) is 6.92 Å². The van der Waals surface area contributed by atoms with E-state index in [1.807, 2.05) is 12.1 Å². The smallest absolute Gasteiger partial charge is 0.205 e. The van der Waals surface area contributed by atoms with Crippen molar-refractivity contribution in [2.24, 2.45) is 0 Å². The van der Waals surface area contributed by atoms with Gasteiger partial charge in [0.2, 0.25) is 5.69 Å². The Labute approximate surface area is 272 Å². The predicted octanol–water partition coefficient (Wildman–Crippen LogP) is 8.93. The van der Waals surface area contributed by atoms with Crippen molar-refractivity contribution in [3.8, 4) is 0 Å². The van der Waals surface area contributed by atoms with Crippen molar-refractivity contribution in [3.05, 3.63) is 162 Å². The molecule has 0 unspecified atom stereocenters. The number of benzene rings is 5. The van der Waals surface area contributed by atoms with Crippen LogP contribution in [0.5, 0.6) is 0 Å². The van der Waals surface area contributed by atoms with Crippen LogP contribution < -0.4 is 16.4 Å². The molecular weight excluding hydrogens is 607 g/mol. The monoisotopic (exact) mass is 643 g/mol. The summed E-state index contributed by atoms with van der Waals surface area (Å²) in [5.41, 5.74) is 0.257. The lowest BCUT2D eigenvalue weighted by atomic mass is 9.13. The van der Waals surface area contributed by atoms with Gasteiger partial charge in [-0.15, -0.1) is 16.4 Å². The molecular formula is C39H36BF6N. The van der Waals surface area contributed by atoms with Crippen LogP contribution in [0.25, 0.3) is 6.08 Å². The highest BCUT2D eigenvalue weighted by molar-refractivity contribution is 7.11. The molecule has 0 atom stereocenters. The fourth-order valence-electron chi connectivity index (χ4n) is 6.14. The van der Waals surface area contributed by atoms with E-state index in [0.717, 1.165) is 61.1 Å². The summed E-state index contributed by atoms with van der Waals surface area (Å²) >= 11 is 0. The van der Waals surface area contributed by atoms with Crippen molar-refractivity contribution in [1.29, 1.82) is 0 Å². The van der Waals surface area contributed by atoms with Crippen molar-refractivity contribution in [1.82, 2.24) is 0 Å². The molecule has 5 aromatic rings. The van der Waals surface area contributed by atoms with Crippen molar-refractivity contribution >= 4 is 40.5 Å². The van der Waals surface area contributed by atoms with E-state index in [2.05, 4.69) is 78.4 Å². The Kier molecular flexibility index (Phi) is 12.4. The molecule has 0 heterocycles. The van der Waals surface area contributed by atoms with Crippen LogP contribution in [0.3, 0.4) is 0 Å². The SMILES string of the molecule is CCCC[B-](c1c(F)cccc1F)(c1c(F)cccc1F)c1c(F)cccc1F.CC[N+](=CC=Cc1ccccc1)c1ccccc1. The first-order valence-electron chi connectivity index (χ1n) is 15.6. The van der Waals surface area contributed by atoms with Crippen molar-refractivity contribution in [3.63, 3.8) is 0 Å². The minimum absolute atomic E-state index is 0.231. The zero-order valence-electron chi connectivity index (χ0n) is 26.3. The molecule has 5 rings (SSSR count). The molecule has 0 saturated heterocycles. The molecule has 0 spiro atoms. The standard InChI is InChI=1S/C22H18BF6.C17H18N/c1-2-3-13-23(20-14(24)7-4-8-15(20)25,21-16(26)9-5-10-17(21)27)22-18(28)11-6-12-19(22)29;1-2-18(17-13-7-4-8-14-17)15-9-12-16-10-5-3-6-11-16/h4-12H,2-3,13H2,1H3;3-15H,2H2,1H3/q-1;+1. The summed E-state index contributed by atoms with van der Waals surface area (Å²) in [4.78, 5) is 0. The van der Waals surface area contributed by atoms with E-state index in [4.69, 9.17) is 0 Å². The molecule has 0 aliphatic carbocycles. The molecule has 1 nitrogen and oxygen atoms in total. The quantitative estimate of drug-likeness (QED) is 0.0619. The summed E-state index contributed by atoms with van der Waals surface area (Å²) in [6.45, 7) is 4.87. The number of para-hydroxylation sites is 1. The summed E-state index contributed by atoms with van der Waals surface area (Å²) in [6, 6.07) is 29.5. The molecule has 0 radical (unpaired) electrons. The normalized spacial score (nSPS) is 11.8. The maximum atomic E-state index is 15.0. The predicted molar refractivity (Wildman–Crippen MR) is 182 cm³/mol. The number of hydrogen-bond acceptors (Lipinski definition) is 0. The third-order valence-corrected chi connectivity index (χ3v) is 8.25. The van der Waals surface area contributed by atoms with Gasteiger partial charge in [0.05, 0.1) is 34.9 Å². The second kappa shape index (κ2) is 16.6. The van der Waals surface area contributed by atoms with Gasteiger partial charge < -0.3 is 0 Å². The number of allylic oxidation sites excluding steroid dienone is 1. The lowest BCUT2D eigenvalue weighted by Crippen LogP contribution is -2.72. The van der Waals surface area contributed by atoms with Gasteiger partial charge in [-0.05, 0) is 55.0 Å². The molecule has 0 bridgehead atoms. The van der Waals surface area contributed by atoms with Crippen LogP contribution in [-0.4, -0.2) is 23.5 Å². The molecule has 242 valence electrons. The third kappa shape index (κ3) is 8.12. The Morgan fingerprint density at radius 3 is 1.32 bits per heavy atom. The first-order chi connectivity index (χ1) is 22.7. The lowest BCUT2D eigenvalue weighted by molar-refractivity contribution is -0.430. The zero-order valence-corrected chi connectivity index (χ0v) is 26.3. The minimum atomic E-state index is -3.32. The molecule has 0 amide bonds. The fraction of sp³-hybridized carbons (Fsp3) is 0.154. The summed E-state index contributed by atoms with van der Waals surface area (Å²) in [5, 5.41) is 0. The Balaban J connectivity index is 0.000000238. The molecule has 0 aliphatic heterocycles. The molecule has 0 aromatic heterocycles. The highest BCUT2D eigenvalue weighted by atomic mass is 19.2. The van der Waals surface area contributed by atoms with Gasteiger partial charge in [0.15, 0.2) is 6.21 Å². The van der Waals surface area contributed by atoms with E-state index in [0.29, 0.717) is 6.42 Å². The molecule has 8 heteroatoms. The van der Waals surface area contributed by atoms with E-state index < -0.39 is 57.4 Å². The Hall–Kier alpha value is -4.85. The summed E-state index contributed by atoms with van der Waals surface area (Å²) in [6.07, 6.45) is 3.47. The van der Waals surface area contributed by atoms with E-state index >= 15 is 0 Å². The molecule has 0 fully saturated rings. The number of rotatable bonds is 10. The van der Waals surface area contributed by atoms with Crippen molar-refractivity contribution in [2.45, 2.75) is 33.0 Å². The highest BCUT2D eigenvalue weighted by Gasteiger charge is 2.41. The lowest BCUT2D eigenvalue weighted by Gasteiger charge is -2.43. The zero-order chi connectivity index (χ0) is 33.8. The fourth-order valence-corrected chi connectivity index (χ4v) is 6.14. The summed E-state index contributed by atoms with van der Waals surface area (Å²) in [7, 11) is 0. The Morgan fingerprint density at radius 1 is 0.532 bits per heavy atom. The van der Waals surface area contributed by atoms with Gasteiger partial charge >= 0.3 is 0 Å². The van der Waals surface area contributed by atoms with Crippen LogP contribution in [0, 0.1) is 34.9 Å². The van der Waals surface area contributed by atoms with Crippen LogP contribution in [0.1, 0.15) is 32.3 Å². The van der Waals surface area contributed by atoms with Crippen LogP contribution in [0.2, 0.25) is 6.32 Å². The van der Waals surface area contributed by atoms with Gasteiger partial charge in [-0.1, -0.05) is 86.5 Å². The van der Waals surface area contributed by atoms with E-state index in [-0.39, 0.29) is 12.7 Å². The molecule has 0 aliphatic rings. The van der Waals surface area contributed by atoms with Crippen molar-refractivity contribution < 1.29 is 30.9 Å². The number of hydrogen-bond donors (Lipinski definition) is 0. The second-order valence-electron chi connectivity index (χ2n) is 11.1. The largest absolute Gasteiger partial charge is 0.210 e. The van der Waals surface area contributed by atoms with Gasteiger partial charge in [0.25, 0.3) is 0 Å². The molecule has 0 saturated carbocycles. The van der Waals surface area contributed by atoms with Gasteiger partial charge in [0.1, 0.15) is 12.7 Å². The van der Waals surface area contributed by atoms with Gasteiger partial charge in [-0.3, -0.25) is 0 Å². The average molecular weight is 644 g/mol. The van der Waals surface area contributed by atoms with E-state index in [1.165, 1.54) is 11.3 Å².